The molecule has 0 unspecified atom stereocenters. The number of piperidine rings is 1. The van der Waals surface area contributed by atoms with Gasteiger partial charge in [-0.15, -0.1) is 0 Å². The first-order chi connectivity index (χ1) is 20.2. The normalized spacial score (nSPS) is 16.5. The summed E-state index contributed by atoms with van der Waals surface area (Å²) in [5, 5.41) is 3.35. The summed E-state index contributed by atoms with van der Waals surface area (Å²) in [4.78, 5) is 31.9. The minimum absolute atomic E-state index is 0.00492. The molecule has 226 valence electrons. The molecule has 1 saturated carbocycles. The number of sulfonamides is 1. The molecule has 3 aromatic rings. The van der Waals surface area contributed by atoms with Crippen LogP contribution in [0.3, 0.4) is 0 Å². The molecule has 0 atom stereocenters. The van der Waals surface area contributed by atoms with Crippen LogP contribution in [0.5, 0.6) is 0 Å². The largest absolute Gasteiger partial charge is 0.466 e. The average Bonchev–Trinajstić information content (AvgIpc) is 3.76. The van der Waals surface area contributed by atoms with Crippen LogP contribution in [-0.4, -0.2) is 69.2 Å². The van der Waals surface area contributed by atoms with E-state index in [2.05, 4.69) is 14.9 Å². The molecule has 0 bridgehead atoms. The van der Waals surface area contributed by atoms with Crippen LogP contribution in [0.25, 0.3) is 22.4 Å². The molecule has 2 aliphatic rings. The standard InChI is InChI=1S/C31H40N4O6S/c1-4-40-31(37)23-12-15-35(16-13-23)14-5-17-42(38,39)33-19-26-24(21-10-11-21)18-25-27(29(36)32-3)28(41-30(25)34-26)22-8-6-20(2)7-9-22/h6-9,18,21,23,33H,4-5,10-17,19H2,1-3H3,(H,32,36). The number of pyridine rings is 1. The highest BCUT2D eigenvalue weighted by atomic mass is 32.2. The van der Waals surface area contributed by atoms with Crippen molar-refractivity contribution in [1.29, 1.82) is 0 Å². The Bertz CT molecular complexity index is 1540. The number of carbonyl (C=O) groups excluding carboxylic acids is 2. The fraction of sp³-hybridized carbons (Fsp3) is 0.516. The predicted octanol–water partition coefficient (Wildman–Crippen LogP) is 4.12. The molecule has 3 heterocycles. The maximum atomic E-state index is 13.0. The fourth-order valence-electron chi connectivity index (χ4n) is 5.60. The second-order valence-corrected chi connectivity index (χ2v) is 13.2. The lowest BCUT2D eigenvalue weighted by atomic mass is 9.97. The Morgan fingerprint density at radius 3 is 2.48 bits per heavy atom. The van der Waals surface area contributed by atoms with E-state index < -0.39 is 10.0 Å². The Morgan fingerprint density at radius 1 is 1.12 bits per heavy atom. The van der Waals surface area contributed by atoms with Gasteiger partial charge in [-0.25, -0.2) is 18.1 Å². The quantitative estimate of drug-likeness (QED) is 0.299. The molecule has 0 spiro atoms. The first-order valence-electron chi connectivity index (χ1n) is 14.8. The molecule has 1 aliphatic heterocycles. The van der Waals surface area contributed by atoms with Crippen LogP contribution in [0.1, 0.15) is 72.1 Å². The Morgan fingerprint density at radius 2 is 1.83 bits per heavy atom. The van der Waals surface area contributed by atoms with Gasteiger partial charge in [-0.1, -0.05) is 29.8 Å². The summed E-state index contributed by atoms with van der Waals surface area (Å²) in [5.74, 6) is 0.285. The predicted molar refractivity (Wildman–Crippen MR) is 161 cm³/mol. The summed E-state index contributed by atoms with van der Waals surface area (Å²) in [6.07, 6.45) is 3.97. The van der Waals surface area contributed by atoms with E-state index in [1.165, 1.54) is 0 Å². The first-order valence-corrected chi connectivity index (χ1v) is 16.5. The van der Waals surface area contributed by atoms with Crippen LogP contribution in [0.2, 0.25) is 0 Å². The molecule has 11 heteroatoms. The van der Waals surface area contributed by atoms with Gasteiger partial charge in [0.2, 0.25) is 15.7 Å². The molecule has 1 amide bonds. The number of likely N-dealkylation sites (tertiary alicyclic amines) is 1. The zero-order valence-corrected chi connectivity index (χ0v) is 25.4. The minimum Gasteiger partial charge on any atom is -0.466 e. The van der Waals surface area contributed by atoms with Crippen molar-refractivity contribution >= 4 is 33.0 Å². The highest BCUT2D eigenvalue weighted by Crippen LogP contribution is 2.44. The molecule has 42 heavy (non-hydrogen) atoms. The second kappa shape index (κ2) is 12.9. The Hall–Kier alpha value is -3.28. The molecule has 10 nitrogen and oxygen atoms in total. The topological polar surface area (TPSA) is 131 Å². The smallest absolute Gasteiger partial charge is 0.309 e. The number of ether oxygens (including phenoxy) is 1. The summed E-state index contributed by atoms with van der Waals surface area (Å²) >= 11 is 0. The number of esters is 1. The molecule has 1 aliphatic carbocycles. The lowest BCUT2D eigenvalue weighted by Crippen LogP contribution is -2.38. The number of rotatable bonds is 12. The van der Waals surface area contributed by atoms with Crippen LogP contribution in [0.15, 0.2) is 34.7 Å². The Kier molecular flexibility index (Phi) is 9.29. The van der Waals surface area contributed by atoms with Crippen LogP contribution in [-0.2, 0) is 26.1 Å². The number of hydrogen-bond donors (Lipinski definition) is 2. The van der Waals surface area contributed by atoms with Gasteiger partial charge >= 0.3 is 5.97 Å². The third kappa shape index (κ3) is 7.02. The van der Waals surface area contributed by atoms with Crippen molar-refractivity contribution in [3.05, 3.63) is 52.7 Å². The van der Waals surface area contributed by atoms with Crippen LogP contribution in [0, 0.1) is 12.8 Å². The van der Waals surface area contributed by atoms with Crippen LogP contribution in [0.4, 0.5) is 0 Å². The van der Waals surface area contributed by atoms with Crippen molar-refractivity contribution in [3.8, 4) is 11.3 Å². The van der Waals surface area contributed by atoms with Gasteiger partial charge in [0.25, 0.3) is 5.91 Å². The minimum atomic E-state index is -3.54. The van der Waals surface area contributed by atoms with E-state index in [4.69, 9.17) is 14.1 Å². The molecule has 1 saturated heterocycles. The third-order valence-electron chi connectivity index (χ3n) is 8.13. The van der Waals surface area contributed by atoms with Gasteiger partial charge in [0.1, 0.15) is 5.76 Å². The average molecular weight is 597 g/mol. The number of furan rings is 1. The van der Waals surface area contributed by atoms with Crippen molar-refractivity contribution in [2.24, 2.45) is 5.92 Å². The number of benzene rings is 1. The van der Waals surface area contributed by atoms with Gasteiger partial charge in [0.15, 0.2) is 0 Å². The van der Waals surface area contributed by atoms with Crippen molar-refractivity contribution < 1.29 is 27.2 Å². The Balaban J connectivity index is 1.27. The van der Waals surface area contributed by atoms with E-state index in [-0.39, 0.29) is 36.0 Å². The maximum Gasteiger partial charge on any atom is 0.309 e. The lowest BCUT2D eigenvalue weighted by molar-refractivity contribution is -0.149. The van der Waals surface area contributed by atoms with Crippen LogP contribution >= 0.6 is 0 Å². The van der Waals surface area contributed by atoms with Gasteiger partial charge in [-0.2, -0.15) is 0 Å². The Labute approximate surface area is 247 Å². The number of aryl methyl sites for hydroxylation is 1. The number of aromatic nitrogens is 1. The van der Waals surface area contributed by atoms with E-state index >= 15 is 0 Å². The summed E-state index contributed by atoms with van der Waals surface area (Å²) in [5.41, 5.74) is 4.20. The van der Waals surface area contributed by atoms with Gasteiger partial charge in [-0.3, -0.25) is 9.59 Å². The molecule has 2 aromatic heterocycles. The van der Waals surface area contributed by atoms with Crippen molar-refractivity contribution in [2.45, 2.75) is 58.4 Å². The zero-order chi connectivity index (χ0) is 29.9. The third-order valence-corrected chi connectivity index (χ3v) is 9.54. The number of hydrogen-bond acceptors (Lipinski definition) is 8. The van der Waals surface area contributed by atoms with Crippen molar-refractivity contribution in [2.75, 3.05) is 39.0 Å². The summed E-state index contributed by atoms with van der Waals surface area (Å²) in [6.45, 7) is 6.44. The molecule has 0 radical (unpaired) electrons. The number of carbonyl (C=O) groups is 2. The monoisotopic (exact) mass is 596 g/mol. The zero-order valence-electron chi connectivity index (χ0n) is 24.6. The number of nitrogens with one attached hydrogen (secondary N) is 2. The molecular weight excluding hydrogens is 556 g/mol. The van der Waals surface area contributed by atoms with Crippen molar-refractivity contribution in [1.82, 2.24) is 19.9 Å². The van der Waals surface area contributed by atoms with Crippen molar-refractivity contribution in [3.63, 3.8) is 0 Å². The highest BCUT2D eigenvalue weighted by molar-refractivity contribution is 7.89. The number of amides is 1. The number of fused-ring (bicyclic) bond motifs is 1. The van der Waals surface area contributed by atoms with E-state index in [0.29, 0.717) is 47.7 Å². The molecule has 2 fully saturated rings. The molecule has 2 N–H and O–H groups in total. The van der Waals surface area contributed by atoms with Gasteiger partial charge in [0.05, 0.1) is 41.5 Å². The van der Waals surface area contributed by atoms with Gasteiger partial charge in [-0.05, 0) is 83.1 Å². The summed E-state index contributed by atoms with van der Waals surface area (Å²) < 4.78 is 39.9. The first kappa shape index (κ1) is 30.2. The second-order valence-electron chi connectivity index (χ2n) is 11.3. The summed E-state index contributed by atoms with van der Waals surface area (Å²) in [6, 6.07) is 9.71. The lowest BCUT2D eigenvalue weighted by Gasteiger charge is -2.30. The highest BCUT2D eigenvalue weighted by Gasteiger charge is 2.31. The molecule has 1 aromatic carbocycles. The molecule has 5 rings (SSSR count). The van der Waals surface area contributed by atoms with Gasteiger partial charge < -0.3 is 19.4 Å². The summed E-state index contributed by atoms with van der Waals surface area (Å²) in [7, 11) is -1.95. The molecular formula is C31H40N4O6S. The number of nitrogens with zero attached hydrogens (tertiary/aromatic N) is 2. The van der Waals surface area contributed by atoms with E-state index in [1.54, 1.807) is 7.05 Å². The van der Waals surface area contributed by atoms with E-state index in [1.807, 2.05) is 44.2 Å². The maximum absolute atomic E-state index is 13.0. The van der Waals surface area contributed by atoms with Gasteiger partial charge in [0, 0.05) is 12.6 Å². The van der Waals surface area contributed by atoms with Crippen LogP contribution < -0.4 is 10.0 Å². The fourth-order valence-corrected chi connectivity index (χ4v) is 6.61. The SMILES string of the molecule is CCOC(=O)C1CCN(CCCS(=O)(=O)NCc2nc3oc(-c4ccc(C)cc4)c(C(=O)NC)c3cc2C2CC2)CC1. The van der Waals surface area contributed by atoms with E-state index in [9.17, 15) is 18.0 Å². The van der Waals surface area contributed by atoms with E-state index in [0.717, 1.165) is 55.5 Å².